The summed E-state index contributed by atoms with van der Waals surface area (Å²) in [6, 6.07) is 4.88. The maximum atomic E-state index is 12.7. The number of nitro benzene ring substituents is 1. The van der Waals surface area contributed by atoms with Gasteiger partial charge in [-0.2, -0.15) is 0 Å². The van der Waals surface area contributed by atoms with Crippen molar-refractivity contribution in [1.82, 2.24) is 0 Å². The van der Waals surface area contributed by atoms with Crippen LogP contribution in [0.3, 0.4) is 0 Å². The van der Waals surface area contributed by atoms with Crippen LogP contribution >= 0.6 is 11.3 Å². The molecular weight excluding hydrogens is 388 g/mol. The molecule has 0 saturated heterocycles. The number of hydrogen-bond acceptors (Lipinski definition) is 8. The van der Waals surface area contributed by atoms with Crippen LogP contribution in [0.15, 0.2) is 24.3 Å². The molecule has 0 unspecified atom stereocenters. The van der Waals surface area contributed by atoms with Gasteiger partial charge in [-0.1, -0.05) is 6.92 Å². The van der Waals surface area contributed by atoms with E-state index in [0.717, 1.165) is 24.1 Å². The number of rotatable bonds is 7. The van der Waals surface area contributed by atoms with Crippen molar-refractivity contribution in [2.75, 3.05) is 19.0 Å². The van der Waals surface area contributed by atoms with Crippen molar-refractivity contribution >= 4 is 39.9 Å². The zero-order valence-corrected chi connectivity index (χ0v) is 16.3. The molecule has 0 fully saturated rings. The molecule has 0 spiro atoms. The average Bonchev–Trinajstić information content (AvgIpc) is 3.10. The Kier molecular flexibility index (Phi) is 6.83. The molecule has 1 N–H and O–H groups in total. The highest BCUT2D eigenvalue weighted by Crippen LogP contribution is 2.30. The van der Waals surface area contributed by atoms with Crippen LogP contribution in [0.2, 0.25) is 0 Å². The van der Waals surface area contributed by atoms with Crippen LogP contribution < -0.4 is 5.32 Å². The average molecular weight is 406 g/mol. The number of ether oxygens (including phenoxy) is 2. The minimum atomic E-state index is -0.811. The van der Waals surface area contributed by atoms with Gasteiger partial charge in [0.2, 0.25) is 0 Å². The molecule has 0 aliphatic heterocycles. The van der Waals surface area contributed by atoms with E-state index in [2.05, 4.69) is 10.1 Å². The van der Waals surface area contributed by atoms with E-state index in [1.165, 1.54) is 17.4 Å². The third-order valence-electron chi connectivity index (χ3n) is 3.67. The number of hydrogen-bond donors (Lipinski definition) is 1. The number of nitrogens with zero attached hydrogens (tertiary/aromatic N) is 1. The molecule has 0 aliphatic rings. The molecule has 0 radical (unpaired) electrons. The van der Waals surface area contributed by atoms with E-state index in [4.69, 9.17) is 4.74 Å². The van der Waals surface area contributed by atoms with Crippen LogP contribution in [-0.4, -0.2) is 36.5 Å². The first-order chi connectivity index (χ1) is 13.3. The van der Waals surface area contributed by atoms with Gasteiger partial charge in [-0.05, 0) is 25.5 Å². The van der Waals surface area contributed by atoms with Gasteiger partial charge in [0.25, 0.3) is 11.6 Å². The summed E-state index contributed by atoms with van der Waals surface area (Å²) in [7, 11) is 1.13. The molecule has 148 valence electrons. The second kappa shape index (κ2) is 9.09. The van der Waals surface area contributed by atoms with E-state index in [9.17, 15) is 24.5 Å². The lowest BCUT2D eigenvalue weighted by atomic mass is 10.1. The molecule has 0 bridgehead atoms. The van der Waals surface area contributed by atoms with Crippen LogP contribution in [0.25, 0.3) is 0 Å². The normalized spacial score (nSPS) is 10.2. The van der Waals surface area contributed by atoms with Crippen molar-refractivity contribution < 1.29 is 28.8 Å². The number of nitro groups is 1. The highest BCUT2D eigenvalue weighted by atomic mass is 32.1. The minimum Gasteiger partial charge on any atom is -0.465 e. The third-order valence-corrected chi connectivity index (χ3v) is 4.86. The van der Waals surface area contributed by atoms with Crippen molar-refractivity contribution in [2.45, 2.75) is 20.3 Å². The Morgan fingerprint density at radius 1 is 1.11 bits per heavy atom. The van der Waals surface area contributed by atoms with Gasteiger partial charge in [-0.15, -0.1) is 11.3 Å². The molecule has 1 aromatic carbocycles. The lowest BCUT2D eigenvalue weighted by Crippen LogP contribution is -2.15. The lowest BCUT2D eigenvalue weighted by molar-refractivity contribution is -0.384. The number of benzene rings is 1. The third kappa shape index (κ3) is 4.71. The van der Waals surface area contributed by atoms with Gasteiger partial charge >= 0.3 is 11.9 Å². The molecule has 2 aromatic rings. The predicted molar refractivity (Wildman–Crippen MR) is 102 cm³/mol. The van der Waals surface area contributed by atoms with E-state index in [1.54, 1.807) is 13.0 Å². The topological polar surface area (TPSA) is 125 Å². The Hall–Kier alpha value is -3.27. The largest absolute Gasteiger partial charge is 0.465 e. The summed E-state index contributed by atoms with van der Waals surface area (Å²) >= 11 is 1.20. The monoisotopic (exact) mass is 406 g/mol. The van der Waals surface area contributed by atoms with Gasteiger partial charge in [0.15, 0.2) is 0 Å². The van der Waals surface area contributed by atoms with E-state index in [1.807, 2.05) is 6.92 Å². The molecule has 1 aromatic heterocycles. The van der Waals surface area contributed by atoms with Crippen molar-refractivity contribution in [2.24, 2.45) is 0 Å². The second-order valence-corrected chi connectivity index (χ2v) is 6.64. The summed E-state index contributed by atoms with van der Waals surface area (Å²) in [5, 5.41) is 14.0. The molecule has 28 heavy (non-hydrogen) atoms. The number of carbonyl (C=O) groups excluding carboxylic acids is 3. The van der Waals surface area contributed by atoms with Crippen LogP contribution in [0.1, 0.15) is 49.8 Å². The van der Waals surface area contributed by atoms with Crippen molar-refractivity contribution in [3.05, 3.63) is 55.9 Å². The number of carbonyl (C=O) groups is 3. The van der Waals surface area contributed by atoms with Gasteiger partial charge in [0, 0.05) is 22.6 Å². The van der Waals surface area contributed by atoms with Crippen LogP contribution in [-0.2, 0) is 15.9 Å². The molecule has 0 aliphatic carbocycles. The van der Waals surface area contributed by atoms with Crippen molar-refractivity contribution in [1.29, 1.82) is 0 Å². The molecule has 10 heteroatoms. The molecular formula is C18H18N2O7S. The number of nitrogens with one attached hydrogen (secondary N) is 1. The van der Waals surface area contributed by atoms with Crippen LogP contribution in [0.5, 0.6) is 0 Å². The van der Waals surface area contributed by atoms with Gasteiger partial charge in [0.1, 0.15) is 5.00 Å². The van der Waals surface area contributed by atoms with Crippen LogP contribution in [0, 0.1) is 10.1 Å². The predicted octanol–water partition coefficient (Wildman–Crippen LogP) is 3.43. The highest BCUT2D eigenvalue weighted by molar-refractivity contribution is 7.16. The Labute approximate surface area is 164 Å². The molecule has 1 heterocycles. The standard InChI is InChI=1S/C18H18N2O7S/c1-4-13-9-14(18(23)27-5-2)16(28-13)19-15(21)10-6-11(17(22)26-3)8-12(7-10)20(24)25/h6-9H,4-5H2,1-3H3,(H,19,21). The summed E-state index contributed by atoms with van der Waals surface area (Å²) in [4.78, 5) is 47.8. The fraction of sp³-hybridized carbons (Fsp3) is 0.278. The van der Waals surface area contributed by atoms with E-state index in [0.29, 0.717) is 6.42 Å². The van der Waals surface area contributed by atoms with Gasteiger partial charge in [0.05, 0.1) is 29.8 Å². The summed E-state index contributed by atoms with van der Waals surface area (Å²) in [6.45, 7) is 3.74. The van der Waals surface area contributed by atoms with E-state index >= 15 is 0 Å². The minimum absolute atomic E-state index is 0.115. The SMILES string of the molecule is CCOC(=O)c1cc(CC)sc1NC(=O)c1cc(C(=O)OC)cc([N+](=O)[O-])c1. The van der Waals surface area contributed by atoms with Crippen LogP contribution in [0.4, 0.5) is 10.7 Å². The number of esters is 2. The lowest BCUT2D eigenvalue weighted by Gasteiger charge is -2.07. The number of methoxy groups -OCH3 is 1. The summed E-state index contributed by atoms with van der Waals surface area (Å²) in [5.74, 6) is -2.10. The zero-order valence-electron chi connectivity index (χ0n) is 15.4. The first kappa shape index (κ1) is 21.0. The molecule has 0 saturated carbocycles. The molecule has 1 amide bonds. The molecule has 9 nitrogen and oxygen atoms in total. The van der Waals surface area contributed by atoms with Gasteiger partial charge < -0.3 is 14.8 Å². The number of aryl methyl sites for hydroxylation is 1. The van der Waals surface area contributed by atoms with E-state index < -0.39 is 28.5 Å². The maximum absolute atomic E-state index is 12.7. The first-order valence-electron chi connectivity index (χ1n) is 8.29. The smallest absolute Gasteiger partial charge is 0.341 e. The fourth-order valence-corrected chi connectivity index (χ4v) is 3.31. The highest BCUT2D eigenvalue weighted by Gasteiger charge is 2.22. The Balaban J connectivity index is 2.41. The van der Waals surface area contributed by atoms with Crippen molar-refractivity contribution in [3.63, 3.8) is 0 Å². The first-order valence-corrected chi connectivity index (χ1v) is 9.11. The zero-order chi connectivity index (χ0) is 20.8. The Morgan fingerprint density at radius 2 is 1.79 bits per heavy atom. The van der Waals surface area contributed by atoms with Gasteiger partial charge in [-0.3, -0.25) is 14.9 Å². The number of anilines is 1. The number of non-ortho nitro benzene ring substituents is 1. The Morgan fingerprint density at radius 3 is 2.36 bits per heavy atom. The van der Waals surface area contributed by atoms with Crippen molar-refractivity contribution in [3.8, 4) is 0 Å². The quantitative estimate of drug-likeness (QED) is 0.424. The number of thiophene rings is 1. The molecule has 2 rings (SSSR count). The van der Waals surface area contributed by atoms with E-state index in [-0.39, 0.29) is 28.3 Å². The molecule has 0 atom stereocenters. The van der Waals surface area contributed by atoms with Gasteiger partial charge in [-0.25, -0.2) is 9.59 Å². The maximum Gasteiger partial charge on any atom is 0.341 e. The Bertz CT molecular complexity index is 936. The second-order valence-electron chi connectivity index (χ2n) is 5.50. The summed E-state index contributed by atoms with van der Waals surface area (Å²) < 4.78 is 9.56. The number of amides is 1. The summed E-state index contributed by atoms with van der Waals surface area (Å²) in [5.41, 5.74) is -0.474. The fourth-order valence-electron chi connectivity index (χ4n) is 2.33. The summed E-state index contributed by atoms with van der Waals surface area (Å²) in [6.07, 6.45) is 0.649.